The molecule has 0 heterocycles. The molecule has 0 saturated heterocycles. The van der Waals surface area contributed by atoms with Crippen LogP contribution in [-0.4, -0.2) is 5.11 Å². The van der Waals surface area contributed by atoms with Crippen molar-refractivity contribution in [1.29, 1.82) is 0 Å². The van der Waals surface area contributed by atoms with E-state index in [1.165, 1.54) is 0 Å². The van der Waals surface area contributed by atoms with E-state index in [1.807, 2.05) is 0 Å². The van der Waals surface area contributed by atoms with E-state index in [9.17, 15) is 26.3 Å². The van der Waals surface area contributed by atoms with Crippen LogP contribution in [0.2, 0.25) is 0 Å². The molecule has 20 heavy (non-hydrogen) atoms. The largest absolute Gasteiger partial charge is 0.505 e. The predicted octanol–water partition coefficient (Wildman–Crippen LogP) is 4.50. The molecule has 2 rings (SSSR count). The van der Waals surface area contributed by atoms with Gasteiger partial charge < -0.3 is 5.11 Å². The molecule has 1 nitrogen and oxygen atoms in total. The SMILES string of the molecule is Oc1cc(-c2cc(C(F)(F)F)ccc2F)cc(F)c1F. The van der Waals surface area contributed by atoms with Gasteiger partial charge in [0.05, 0.1) is 5.56 Å². The molecule has 0 radical (unpaired) electrons. The first-order valence-corrected chi connectivity index (χ1v) is 5.25. The summed E-state index contributed by atoms with van der Waals surface area (Å²) in [6, 6.07) is 2.71. The second-order valence-electron chi connectivity index (χ2n) is 3.98. The van der Waals surface area contributed by atoms with Crippen molar-refractivity contribution in [3.05, 3.63) is 53.3 Å². The number of alkyl halides is 3. The molecule has 1 N–H and O–H groups in total. The molecule has 0 fully saturated rings. The Morgan fingerprint density at radius 1 is 0.850 bits per heavy atom. The third-order valence-electron chi connectivity index (χ3n) is 2.61. The predicted molar refractivity (Wildman–Crippen MR) is 58.4 cm³/mol. The van der Waals surface area contributed by atoms with Gasteiger partial charge in [0.1, 0.15) is 5.82 Å². The van der Waals surface area contributed by atoms with Gasteiger partial charge in [-0.25, -0.2) is 8.78 Å². The lowest BCUT2D eigenvalue weighted by molar-refractivity contribution is -0.137. The van der Waals surface area contributed by atoms with Crippen molar-refractivity contribution >= 4 is 0 Å². The fourth-order valence-electron chi connectivity index (χ4n) is 1.65. The van der Waals surface area contributed by atoms with Gasteiger partial charge in [-0.05, 0) is 35.9 Å². The fourth-order valence-corrected chi connectivity index (χ4v) is 1.65. The molecule has 0 bridgehead atoms. The third-order valence-corrected chi connectivity index (χ3v) is 2.61. The van der Waals surface area contributed by atoms with Crippen LogP contribution in [0.1, 0.15) is 5.56 Å². The Hall–Kier alpha value is -2.18. The molecule has 0 aliphatic rings. The van der Waals surface area contributed by atoms with Gasteiger partial charge in [0.15, 0.2) is 17.4 Å². The van der Waals surface area contributed by atoms with Crippen LogP contribution in [0, 0.1) is 17.5 Å². The molecule has 106 valence electrons. The van der Waals surface area contributed by atoms with Crippen molar-refractivity contribution in [2.24, 2.45) is 0 Å². The van der Waals surface area contributed by atoms with Crippen LogP contribution in [0.15, 0.2) is 30.3 Å². The Labute approximate surface area is 109 Å². The van der Waals surface area contributed by atoms with E-state index in [2.05, 4.69) is 0 Å². The minimum Gasteiger partial charge on any atom is -0.505 e. The van der Waals surface area contributed by atoms with Gasteiger partial charge in [-0.15, -0.1) is 0 Å². The van der Waals surface area contributed by atoms with Gasteiger partial charge >= 0.3 is 6.18 Å². The van der Waals surface area contributed by atoms with Gasteiger partial charge in [-0.3, -0.25) is 0 Å². The summed E-state index contributed by atoms with van der Waals surface area (Å²) < 4.78 is 77.1. The van der Waals surface area contributed by atoms with Crippen molar-refractivity contribution < 1.29 is 31.4 Å². The molecule has 7 heteroatoms. The quantitative estimate of drug-likeness (QED) is 0.767. The lowest BCUT2D eigenvalue weighted by Gasteiger charge is -2.10. The second kappa shape index (κ2) is 4.73. The number of benzene rings is 2. The highest BCUT2D eigenvalue weighted by molar-refractivity contribution is 5.67. The molecular weight excluding hydrogens is 286 g/mol. The van der Waals surface area contributed by atoms with Crippen molar-refractivity contribution in [3.63, 3.8) is 0 Å². The zero-order valence-corrected chi connectivity index (χ0v) is 9.60. The fraction of sp³-hybridized carbons (Fsp3) is 0.0769. The summed E-state index contributed by atoms with van der Waals surface area (Å²) in [5.74, 6) is -5.21. The molecular formula is C13H6F6O. The highest BCUT2D eigenvalue weighted by Crippen LogP contribution is 2.35. The van der Waals surface area contributed by atoms with Crippen molar-refractivity contribution in [2.75, 3.05) is 0 Å². The summed E-state index contributed by atoms with van der Waals surface area (Å²) in [7, 11) is 0. The Morgan fingerprint density at radius 2 is 1.50 bits per heavy atom. The lowest BCUT2D eigenvalue weighted by atomic mass is 10.0. The first-order valence-electron chi connectivity index (χ1n) is 5.25. The minimum atomic E-state index is -4.71. The first kappa shape index (κ1) is 14.2. The summed E-state index contributed by atoms with van der Waals surface area (Å²) in [4.78, 5) is 0. The van der Waals surface area contributed by atoms with Crippen molar-refractivity contribution in [3.8, 4) is 16.9 Å². The van der Waals surface area contributed by atoms with Crippen LogP contribution in [0.3, 0.4) is 0 Å². The maximum Gasteiger partial charge on any atom is 0.416 e. The van der Waals surface area contributed by atoms with Crippen LogP contribution in [0.4, 0.5) is 26.3 Å². The Kier molecular flexibility index (Phi) is 3.37. The average Bonchev–Trinajstić information content (AvgIpc) is 2.34. The summed E-state index contributed by atoms with van der Waals surface area (Å²) in [5, 5.41) is 9.10. The number of phenolic OH excluding ortho intramolecular Hbond substituents is 1. The van der Waals surface area contributed by atoms with Crippen LogP contribution in [-0.2, 0) is 6.18 Å². The molecule has 2 aromatic rings. The van der Waals surface area contributed by atoms with Crippen LogP contribution >= 0.6 is 0 Å². The van der Waals surface area contributed by atoms with Crippen LogP contribution in [0.5, 0.6) is 5.75 Å². The monoisotopic (exact) mass is 292 g/mol. The molecule has 0 unspecified atom stereocenters. The normalized spacial score (nSPS) is 11.7. The molecule has 0 atom stereocenters. The standard InChI is InChI=1S/C13H6F6O/c14-9-2-1-7(13(17,18)19)5-8(9)6-3-10(15)12(16)11(20)4-6/h1-5,20H. The van der Waals surface area contributed by atoms with Crippen molar-refractivity contribution in [2.45, 2.75) is 6.18 Å². The molecule has 0 aliphatic heterocycles. The number of rotatable bonds is 1. The zero-order valence-electron chi connectivity index (χ0n) is 9.60. The van der Waals surface area contributed by atoms with Gasteiger partial charge in [-0.2, -0.15) is 17.6 Å². The maximum atomic E-state index is 13.5. The Bertz CT molecular complexity index is 639. The van der Waals surface area contributed by atoms with E-state index in [0.29, 0.717) is 30.3 Å². The summed E-state index contributed by atoms with van der Waals surface area (Å²) >= 11 is 0. The van der Waals surface area contributed by atoms with E-state index in [0.717, 1.165) is 0 Å². The van der Waals surface area contributed by atoms with Crippen molar-refractivity contribution in [1.82, 2.24) is 0 Å². The number of hydrogen-bond acceptors (Lipinski definition) is 1. The van der Waals surface area contributed by atoms with Crippen LogP contribution in [0.25, 0.3) is 11.1 Å². The van der Waals surface area contributed by atoms with E-state index in [1.54, 1.807) is 0 Å². The average molecular weight is 292 g/mol. The smallest absolute Gasteiger partial charge is 0.416 e. The third kappa shape index (κ3) is 2.56. The Morgan fingerprint density at radius 3 is 2.05 bits per heavy atom. The Balaban J connectivity index is 2.63. The van der Waals surface area contributed by atoms with Crippen LogP contribution < -0.4 is 0 Å². The van der Waals surface area contributed by atoms with E-state index >= 15 is 0 Å². The molecule has 0 aromatic heterocycles. The van der Waals surface area contributed by atoms with E-state index in [-0.39, 0.29) is 0 Å². The zero-order chi connectivity index (χ0) is 15.1. The number of phenols is 1. The maximum absolute atomic E-state index is 13.5. The second-order valence-corrected chi connectivity index (χ2v) is 3.98. The van der Waals surface area contributed by atoms with Gasteiger partial charge in [0.25, 0.3) is 0 Å². The number of halogens is 6. The molecule has 2 aromatic carbocycles. The molecule has 0 spiro atoms. The van der Waals surface area contributed by atoms with E-state index < -0.39 is 46.1 Å². The van der Waals surface area contributed by atoms with Gasteiger partial charge in [0, 0.05) is 5.56 Å². The summed E-state index contributed by atoms with van der Waals surface area (Å²) in [5.41, 5.74) is -2.13. The molecule has 0 aliphatic carbocycles. The molecule has 0 saturated carbocycles. The lowest BCUT2D eigenvalue weighted by Crippen LogP contribution is -2.05. The first-order chi connectivity index (χ1) is 9.20. The molecule has 0 amide bonds. The van der Waals surface area contributed by atoms with Gasteiger partial charge in [0.2, 0.25) is 0 Å². The topological polar surface area (TPSA) is 20.2 Å². The minimum absolute atomic E-state index is 0.398. The van der Waals surface area contributed by atoms with Gasteiger partial charge in [-0.1, -0.05) is 0 Å². The summed E-state index contributed by atoms with van der Waals surface area (Å²) in [6.45, 7) is 0. The highest BCUT2D eigenvalue weighted by atomic mass is 19.4. The number of aromatic hydroxyl groups is 1. The highest BCUT2D eigenvalue weighted by Gasteiger charge is 2.31. The summed E-state index contributed by atoms with van der Waals surface area (Å²) in [6.07, 6.45) is -4.71. The number of hydrogen-bond donors (Lipinski definition) is 1. The van der Waals surface area contributed by atoms with E-state index in [4.69, 9.17) is 5.11 Å².